The average molecular weight is 180 g/mol. The zero-order valence-electron chi connectivity index (χ0n) is 7.63. The Kier molecular flexibility index (Phi) is 2.87. The first kappa shape index (κ1) is 9.54. The molecule has 0 fully saturated rings. The van der Waals surface area contributed by atoms with Crippen LogP contribution in [0.25, 0.3) is 0 Å². The molecule has 0 spiro atoms. The molecule has 70 valence electrons. The summed E-state index contributed by atoms with van der Waals surface area (Å²) in [5.41, 5.74) is 9.91. The second-order valence-corrected chi connectivity index (χ2v) is 2.67. The minimum atomic E-state index is -0.436. The third-order valence-corrected chi connectivity index (χ3v) is 1.71. The van der Waals surface area contributed by atoms with Crippen molar-refractivity contribution >= 4 is 11.7 Å². The summed E-state index contributed by atoms with van der Waals surface area (Å²) < 4.78 is 0. The van der Waals surface area contributed by atoms with Crippen molar-refractivity contribution in [1.82, 2.24) is 5.48 Å². The predicted molar refractivity (Wildman–Crippen MR) is 50.1 cm³/mol. The summed E-state index contributed by atoms with van der Waals surface area (Å²) in [6.07, 6.45) is 0. The van der Waals surface area contributed by atoms with Gasteiger partial charge in [-0.25, -0.2) is 4.79 Å². The van der Waals surface area contributed by atoms with E-state index in [1.165, 1.54) is 7.05 Å². The molecule has 0 unspecified atom stereocenters. The first-order valence-corrected chi connectivity index (χ1v) is 3.89. The Morgan fingerprint density at radius 1 is 1.54 bits per heavy atom. The van der Waals surface area contributed by atoms with Gasteiger partial charge in [0.2, 0.25) is 0 Å². The lowest BCUT2D eigenvalue weighted by Crippen LogP contribution is -2.15. The Morgan fingerprint density at radius 3 is 2.77 bits per heavy atom. The number of nitrogen functional groups attached to an aromatic ring is 1. The van der Waals surface area contributed by atoms with E-state index in [9.17, 15) is 4.79 Å². The fourth-order valence-electron chi connectivity index (χ4n) is 0.919. The topological polar surface area (TPSA) is 64.3 Å². The van der Waals surface area contributed by atoms with Crippen LogP contribution in [0.15, 0.2) is 18.2 Å². The maximum absolute atomic E-state index is 11.2. The number of nitrogens with one attached hydrogen (secondary N) is 1. The molecule has 0 heterocycles. The molecule has 0 aliphatic rings. The molecule has 1 rings (SSSR count). The molecule has 1 aromatic rings. The second kappa shape index (κ2) is 3.91. The number of rotatable bonds is 2. The lowest BCUT2D eigenvalue weighted by molar-refractivity contribution is 0.0310. The summed E-state index contributed by atoms with van der Waals surface area (Å²) in [6.45, 7) is 1.88. The van der Waals surface area contributed by atoms with Gasteiger partial charge in [-0.15, -0.1) is 0 Å². The monoisotopic (exact) mass is 180 g/mol. The van der Waals surface area contributed by atoms with Crippen molar-refractivity contribution in [3.63, 3.8) is 0 Å². The van der Waals surface area contributed by atoms with E-state index in [0.717, 1.165) is 5.56 Å². The summed E-state index contributed by atoms with van der Waals surface area (Å²) in [4.78, 5) is 15.7. The minimum absolute atomic E-state index is 0.436. The summed E-state index contributed by atoms with van der Waals surface area (Å²) in [6, 6.07) is 5.04. The van der Waals surface area contributed by atoms with Crippen LogP contribution in [0.4, 0.5) is 5.69 Å². The molecule has 0 amide bonds. The van der Waals surface area contributed by atoms with Gasteiger partial charge in [0.1, 0.15) is 0 Å². The van der Waals surface area contributed by atoms with Crippen LogP contribution in [0.2, 0.25) is 0 Å². The van der Waals surface area contributed by atoms with Crippen LogP contribution in [0.5, 0.6) is 0 Å². The smallest absolute Gasteiger partial charge is 0.356 e. The van der Waals surface area contributed by atoms with E-state index in [1.807, 2.05) is 6.92 Å². The largest absolute Gasteiger partial charge is 0.398 e. The van der Waals surface area contributed by atoms with E-state index < -0.39 is 5.97 Å². The summed E-state index contributed by atoms with van der Waals surface area (Å²) >= 11 is 0. The predicted octanol–water partition coefficient (Wildman–Crippen LogP) is 0.868. The number of aryl methyl sites for hydroxylation is 1. The number of carbonyl (C=O) groups is 1. The summed E-state index contributed by atoms with van der Waals surface area (Å²) in [5.74, 6) is -0.436. The Labute approximate surface area is 76.6 Å². The summed E-state index contributed by atoms with van der Waals surface area (Å²) in [7, 11) is 1.52. The standard InChI is InChI=1S/C9H12N2O2/c1-6-3-4-7(5-8(6)10)9(12)13-11-2/h3-5,11H,10H2,1-2H3. The number of anilines is 1. The van der Waals surface area contributed by atoms with Crippen LogP contribution in [0, 0.1) is 6.92 Å². The molecule has 0 aliphatic heterocycles. The third-order valence-electron chi connectivity index (χ3n) is 1.71. The fraction of sp³-hybridized carbons (Fsp3) is 0.222. The number of hydrogen-bond donors (Lipinski definition) is 2. The lowest BCUT2D eigenvalue weighted by atomic mass is 10.1. The molecule has 0 saturated heterocycles. The molecule has 0 atom stereocenters. The number of benzene rings is 1. The van der Waals surface area contributed by atoms with Crippen molar-refractivity contribution in [2.45, 2.75) is 6.92 Å². The Morgan fingerprint density at radius 2 is 2.23 bits per heavy atom. The molecule has 4 heteroatoms. The Hall–Kier alpha value is -1.55. The van der Waals surface area contributed by atoms with Crippen molar-refractivity contribution in [3.05, 3.63) is 29.3 Å². The van der Waals surface area contributed by atoms with Crippen molar-refractivity contribution in [1.29, 1.82) is 0 Å². The van der Waals surface area contributed by atoms with Crippen LogP contribution < -0.4 is 11.2 Å². The number of hydrogen-bond acceptors (Lipinski definition) is 4. The molecule has 0 radical (unpaired) electrons. The van der Waals surface area contributed by atoms with E-state index in [2.05, 4.69) is 10.3 Å². The van der Waals surface area contributed by atoms with E-state index in [4.69, 9.17) is 5.73 Å². The zero-order chi connectivity index (χ0) is 9.84. The molecule has 4 nitrogen and oxygen atoms in total. The zero-order valence-corrected chi connectivity index (χ0v) is 7.63. The van der Waals surface area contributed by atoms with Crippen molar-refractivity contribution in [3.8, 4) is 0 Å². The SMILES string of the molecule is CNOC(=O)c1ccc(C)c(N)c1. The van der Waals surface area contributed by atoms with Crippen LogP contribution in [0.3, 0.4) is 0 Å². The third kappa shape index (κ3) is 2.19. The first-order chi connectivity index (χ1) is 6.15. The highest BCUT2D eigenvalue weighted by molar-refractivity contribution is 5.90. The van der Waals surface area contributed by atoms with Gasteiger partial charge in [0.25, 0.3) is 0 Å². The molecule has 0 saturated carbocycles. The molecular weight excluding hydrogens is 168 g/mol. The van der Waals surface area contributed by atoms with E-state index in [1.54, 1.807) is 18.2 Å². The fourth-order valence-corrected chi connectivity index (χ4v) is 0.919. The van der Waals surface area contributed by atoms with Gasteiger partial charge in [0.05, 0.1) is 5.56 Å². The van der Waals surface area contributed by atoms with E-state index in [0.29, 0.717) is 11.3 Å². The van der Waals surface area contributed by atoms with Gasteiger partial charge in [-0.2, -0.15) is 5.48 Å². The van der Waals surface area contributed by atoms with Crippen molar-refractivity contribution < 1.29 is 9.63 Å². The lowest BCUT2D eigenvalue weighted by Gasteiger charge is -2.03. The molecule has 1 aromatic carbocycles. The Balaban J connectivity index is 2.90. The van der Waals surface area contributed by atoms with Crippen molar-refractivity contribution in [2.24, 2.45) is 0 Å². The molecule has 3 N–H and O–H groups in total. The Bertz CT molecular complexity index is 323. The van der Waals surface area contributed by atoms with Gasteiger partial charge in [0.15, 0.2) is 0 Å². The van der Waals surface area contributed by atoms with Gasteiger partial charge in [-0.3, -0.25) is 0 Å². The average Bonchev–Trinajstić information content (AvgIpc) is 2.10. The first-order valence-electron chi connectivity index (χ1n) is 3.89. The highest BCUT2D eigenvalue weighted by Crippen LogP contribution is 2.13. The normalized spacial score (nSPS) is 9.69. The summed E-state index contributed by atoms with van der Waals surface area (Å²) in [5, 5.41) is 0. The molecule has 0 aliphatic carbocycles. The number of nitrogens with two attached hydrogens (primary N) is 1. The van der Waals surface area contributed by atoms with Gasteiger partial charge >= 0.3 is 5.97 Å². The van der Waals surface area contributed by atoms with Gasteiger partial charge in [0, 0.05) is 12.7 Å². The number of hydroxylamine groups is 1. The maximum Gasteiger partial charge on any atom is 0.356 e. The minimum Gasteiger partial charge on any atom is -0.398 e. The van der Waals surface area contributed by atoms with E-state index in [-0.39, 0.29) is 0 Å². The quantitative estimate of drug-likeness (QED) is 0.523. The van der Waals surface area contributed by atoms with Crippen LogP contribution in [-0.4, -0.2) is 13.0 Å². The second-order valence-electron chi connectivity index (χ2n) is 2.67. The van der Waals surface area contributed by atoms with Gasteiger partial charge < -0.3 is 10.6 Å². The van der Waals surface area contributed by atoms with Crippen LogP contribution >= 0.6 is 0 Å². The maximum atomic E-state index is 11.2. The van der Waals surface area contributed by atoms with Crippen LogP contribution in [-0.2, 0) is 4.84 Å². The van der Waals surface area contributed by atoms with E-state index >= 15 is 0 Å². The van der Waals surface area contributed by atoms with Gasteiger partial charge in [-0.05, 0) is 24.6 Å². The highest BCUT2D eigenvalue weighted by atomic mass is 16.7. The van der Waals surface area contributed by atoms with Gasteiger partial charge in [-0.1, -0.05) is 6.07 Å². The number of carbonyl (C=O) groups excluding carboxylic acids is 1. The molecular formula is C9H12N2O2. The molecule has 0 aromatic heterocycles. The molecule has 13 heavy (non-hydrogen) atoms. The molecule has 0 bridgehead atoms. The van der Waals surface area contributed by atoms with Crippen LogP contribution in [0.1, 0.15) is 15.9 Å². The van der Waals surface area contributed by atoms with Crippen molar-refractivity contribution in [2.75, 3.05) is 12.8 Å². The highest BCUT2D eigenvalue weighted by Gasteiger charge is 2.07.